The Morgan fingerprint density at radius 2 is 1.86 bits per heavy atom. The number of hydrogen-bond donors (Lipinski definition) is 1. The highest BCUT2D eigenvalue weighted by molar-refractivity contribution is 5.80. The van der Waals surface area contributed by atoms with Gasteiger partial charge in [0.05, 0.1) is 17.1 Å². The van der Waals surface area contributed by atoms with Gasteiger partial charge in [-0.3, -0.25) is 4.79 Å². The molecule has 0 radical (unpaired) electrons. The number of nitriles is 1. The fourth-order valence-corrected chi connectivity index (χ4v) is 4.22. The highest BCUT2D eigenvalue weighted by atomic mass is 16.4. The minimum absolute atomic E-state index is 0.0159. The standard InChI is InChI=1S/C22H28N4O3/c1-22(2,3)26(21(28)29)18-8-10-24(11-9-18)12-13-25-19-14-16(15-23)4-5-17(19)6-7-20(25)27/h4-7,14,18H,8-13H2,1-3H3,(H,28,29). The van der Waals surface area contributed by atoms with Crippen LogP contribution in [0.25, 0.3) is 10.9 Å². The normalized spacial score (nSPS) is 15.9. The van der Waals surface area contributed by atoms with Crippen molar-refractivity contribution < 1.29 is 9.90 Å². The first-order valence-electron chi connectivity index (χ1n) is 9.99. The third kappa shape index (κ3) is 4.60. The zero-order valence-electron chi connectivity index (χ0n) is 17.3. The molecule has 1 aliphatic rings. The van der Waals surface area contributed by atoms with E-state index in [0.29, 0.717) is 18.7 Å². The Labute approximate surface area is 170 Å². The SMILES string of the molecule is CC(C)(C)N(C(=O)O)C1CCN(CCn2c(=O)ccc3ccc(C#N)cc32)CC1. The van der Waals surface area contributed by atoms with Crippen molar-refractivity contribution in [1.82, 2.24) is 14.4 Å². The Morgan fingerprint density at radius 3 is 2.45 bits per heavy atom. The zero-order valence-corrected chi connectivity index (χ0v) is 17.3. The third-order valence-corrected chi connectivity index (χ3v) is 5.61. The van der Waals surface area contributed by atoms with Crippen molar-refractivity contribution in [3.63, 3.8) is 0 Å². The average molecular weight is 396 g/mol. The number of amides is 1. The Balaban J connectivity index is 1.68. The quantitative estimate of drug-likeness (QED) is 0.858. The van der Waals surface area contributed by atoms with Crippen molar-refractivity contribution in [3.8, 4) is 6.07 Å². The van der Waals surface area contributed by atoms with E-state index in [1.54, 1.807) is 33.7 Å². The van der Waals surface area contributed by atoms with Gasteiger partial charge in [-0.05, 0) is 57.2 Å². The number of likely N-dealkylation sites (tertiary alicyclic amines) is 1. The van der Waals surface area contributed by atoms with E-state index in [9.17, 15) is 14.7 Å². The molecule has 0 spiro atoms. The number of piperidine rings is 1. The molecule has 1 aromatic carbocycles. The van der Waals surface area contributed by atoms with Gasteiger partial charge in [-0.2, -0.15) is 5.26 Å². The molecule has 1 saturated heterocycles. The van der Waals surface area contributed by atoms with Crippen LogP contribution in [0.15, 0.2) is 35.1 Å². The first kappa shape index (κ1) is 20.9. The molecule has 0 bridgehead atoms. The van der Waals surface area contributed by atoms with Crippen LogP contribution in [-0.4, -0.2) is 56.8 Å². The molecule has 1 amide bonds. The molecule has 3 rings (SSSR count). The highest BCUT2D eigenvalue weighted by Gasteiger charge is 2.35. The lowest BCUT2D eigenvalue weighted by molar-refractivity contribution is 0.0417. The van der Waals surface area contributed by atoms with Crippen LogP contribution < -0.4 is 5.56 Å². The van der Waals surface area contributed by atoms with Gasteiger partial charge in [0, 0.05) is 43.8 Å². The fraction of sp³-hybridized carbons (Fsp3) is 0.500. The lowest BCUT2D eigenvalue weighted by Gasteiger charge is -2.43. The van der Waals surface area contributed by atoms with E-state index < -0.39 is 11.6 Å². The second-order valence-electron chi connectivity index (χ2n) is 8.60. The summed E-state index contributed by atoms with van der Waals surface area (Å²) in [6.45, 7) is 8.63. The van der Waals surface area contributed by atoms with Crippen LogP contribution in [0, 0.1) is 11.3 Å². The van der Waals surface area contributed by atoms with E-state index in [1.807, 2.05) is 26.8 Å². The van der Waals surface area contributed by atoms with Crippen LogP contribution in [0.5, 0.6) is 0 Å². The Kier molecular flexibility index (Phi) is 5.94. The maximum Gasteiger partial charge on any atom is 0.407 e. The molecule has 2 aromatic rings. The van der Waals surface area contributed by atoms with Gasteiger partial charge in [0.15, 0.2) is 0 Å². The summed E-state index contributed by atoms with van der Waals surface area (Å²) in [5.74, 6) is 0. The lowest BCUT2D eigenvalue weighted by Crippen LogP contribution is -2.54. The first-order valence-corrected chi connectivity index (χ1v) is 9.99. The molecule has 1 N–H and O–H groups in total. The topological polar surface area (TPSA) is 89.6 Å². The summed E-state index contributed by atoms with van der Waals surface area (Å²) in [5, 5.41) is 19.7. The number of rotatable bonds is 4. The van der Waals surface area contributed by atoms with Crippen molar-refractivity contribution in [3.05, 3.63) is 46.2 Å². The summed E-state index contributed by atoms with van der Waals surface area (Å²) in [5.41, 5.74) is 0.810. The van der Waals surface area contributed by atoms with Crippen LogP contribution in [0.2, 0.25) is 0 Å². The van der Waals surface area contributed by atoms with Crippen LogP contribution in [0.1, 0.15) is 39.2 Å². The van der Waals surface area contributed by atoms with E-state index in [1.165, 1.54) is 0 Å². The molecule has 2 heterocycles. The molecule has 29 heavy (non-hydrogen) atoms. The van der Waals surface area contributed by atoms with Gasteiger partial charge in [0.2, 0.25) is 0 Å². The highest BCUT2D eigenvalue weighted by Crippen LogP contribution is 2.24. The van der Waals surface area contributed by atoms with Crippen molar-refractivity contribution in [1.29, 1.82) is 5.26 Å². The molecule has 1 fully saturated rings. The number of carboxylic acid groups (broad SMARTS) is 1. The number of hydrogen-bond acceptors (Lipinski definition) is 4. The first-order chi connectivity index (χ1) is 13.7. The summed E-state index contributed by atoms with van der Waals surface area (Å²) in [4.78, 5) is 28.0. The summed E-state index contributed by atoms with van der Waals surface area (Å²) in [7, 11) is 0. The van der Waals surface area contributed by atoms with E-state index in [0.717, 1.165) is 36.8 Å². The molecule has 7 nitrogen and oxygen atoms in total. The van der Waals surface area contributed by atoms with Crippen LogP contribution >= 0.6 is 0 Å². The van der Waals surface area contributed by atoms with Gasteiger partial charge in [-0.15, -0.1) is 0 Å². The van der Waals surface area contributed by atoms with Crippen molar-refractivity contribution in [2.45, 2.75) is 51.7 Å². The number of benzene rings is 1. The molecule has 7 heteroatoms. The van der Waals surface area contributed by atoms with Gasteiger partial charge in [0.1, 0.15) is 0 Å². The Hall–Kier alpha value is -2.85. The van der Waals surface area contributed by atoms with Crippen molar-refractivity contribution in [2.24, 2.45) is 0 Å². The predicted octanol–water partition coefficient (Wildman–Crippen LogP) is 3.12. The van der Waals surface area contributed by atoms with Gasteiger partial charge >= 0.3 is 6.09 Å². The molecule has 154 valence electrons. The maximum absolute atomic E-state index is 12.4. The number of aromatic nitrogens is 1. The van der Waals surface area contributed by atoms with Crippen molar-refractivity contribution in [2.75, 3.05) is 19.6 Å². The van der Waals surface area contributed by atoms with E-state index >= 15 is 0 Å². The second kappa shape index (κ2) is 8.26. The minimum Gasteiger partial charge on any atom is -0.465 e. The smallest absolute Gasteiger partial charge is 0.407 e. The zero-order chi connectivity index (χ0) is 21.2. The van der Waals surface area contributed by atoms with Crippen LogP contribution in [-0.2, 0) is 6.54 Å². The van der Waals surface area contributed by atoms with Crippen LogP contribution in [0.3, 0.4) is 0 Å². The molecule has 0 atom stereocenters. The third-order valence-electron chi connectivity index (χ3n) is 5.61. The van der Waals surface area contributed by atoms with Gasteiger partial charge in [0.25, 0.3) is 5.56 Å². The maximum atomic E-state index is 12.4. The summed E-state index contributed by atoms with van der Waals surface area (Å²) in [6.07, 6.45) is 0.700. The molecule has 0 saturated carbocycles. The second-order valence-corrected chi connectivity index (χ2v) is 8.60. The average Bonchev–Trinajstić information content (AvgIpc) is 2.66. The monoisotopic (exact) mass is 396 g/mol. The van der Waals surface area contributed by atoms with Gasteiger partial charge in [-0.25, -0.2) is 4.79 Å². The Morgan fingerprint density at radius 1 is 1.21 bits per heavy atom. The molecular weight excluding hydrogens is 368 g/mol. The molecular formula is C22H28N4O3. The lowest BCUT2D eigenvalue weighted by atomic mass is 9.97. The molecule has 0 unspecified atom stereocenters. The minimum atomic E-state index is -0.869. The summed E-state index contributed by atoms with van der Waals surface area (Å²) < 4.78 is 1.72. The Bertz CT molecular complexity index is 992. The molecule has 0 aliphatic carbocycles. The van der Waals surface area contributed by atoms with E-state index in [4.69, 9.17) is 5.26 Å². The molecule has 1 aromatic heterocycles. The molecule has 1 aliphatic heterocycles. The number of nitrogens with zero attached hydrogens (tertiary/aromatic N) is 4. The van der Waals surface area contributed by atoms with Crippen LogP contribution in [0.4, 0.5) is 4.79 Å². The largest absolute Gasteiger partial charge is 0.465 e. The van der Waals surface area contributed by atoms with E-state index in [-0.39, 0.29) is 11.6 Å². The number of fused-ring (bicyclic) bond motifs is 1. The predicted molar refractivity (Wildman–Crippen MR) is 112 cm³/mol. The van der Waals surface area contributed by atoms with Gasteiger partial charge in [-0.1, -0.05) is 6.07 Å². The summed E-state index contributed by atoms with van der Waals surface area (Å²) in [6, 6.07) is 10.9. The van der Waals surface area contributed by atoms with E-state index in [2.05, 4.69) is 11.0 Å². The number of pyridine rings is 1. The summed E-state index contributed by atoms with van der Waals surface area (Å²) >= 11 is 0. The van der Waals surface area contributed by atoms with Gasteiger partial charge < -0.3 is 19.5 Å². The van der Waals surface area contributed by atoms with Crippen molar-refractivity contribution >= 4 is 17.0 Å². The fourth-order valence-electron chi connectivity index (χ4n) is 4.22. The number of carbonyl (C=O) groups is 1.